The molecular weight excluding hydrogens is 329 g/mol. The molecule has 3 rings (SSSR count). The van der Waals surface area contributed by atoms with Crippen molar-refractivity contribution in [3.63, 3.8) is 0 Å². The zero-order chi connectivity index (χ0) is 11.7. The highest BCUT2D eigenvalue weighted by atomic mass is 127. The van der Waals surface area contributed by atoms with Crippen molar-refractivity contribution >= 4 is 22.6 Å². The Labute approximate surface area is 113 Å². The molecule has 0 amide bonds. The molecule has 1 atom stereocenters. The molecule has 17 heavy (non-hydrogen) atoms. The normalized spacial score (nSPS) is 19.7. The third-order valence-corrected chi connectivity index (χ3v) is 3.86. The van der Waals surface area contributed by atoms with Crippen LogP contribution >= 0.6 is 22.6 Å². The number of hydrogen-bond acceptors (Lipinski definition) is 4. The van der Waals surface area contributed by atoms with Crippen molar-refractivity contribution in [3.8, 4) is 11.5 Å². The van der Waals surface area contributed by atoms with Crippen LogP contribution in [0.3, 0.4) is 0 Å². The molecule has 1 saturated heterocycles. The van der Waals surface area contributed by atoms with Crippen LogP contribution in [0.2, 0.25) is 0 Å². The van der Waals surface area contributed by atoms with Gasteiger partial charge in [-0.1, -0.05) is 17.3 Å². The molecular formula is C12H12IN3O. The van der Waals surface area contributed by atoms with E-state index in [1.165, 1.54) is 6.42 Å². The van der Waals surface area contributed by atoms with E-state index < -0.39 is 0 Å². The van der Waals surface area contributed by atoms with Gasteiger partial charge in [0.1, 0.15) is 0 Å². The number of halogens is 1. The van der Waals surface area contributed by atoms with E-state index in [0.29, 0.717) is 5.89 Å². The zero-order valence-corrected chi connectivity index (χ0v) is 11.3. The van der Waals surface area contributed by atoms with Gasteiger partial charge in [0, 0.05) is 3.57 Å². The second-order valence-electron chi connectivity index (χ2n) is 4.09. The summed E-state index contributed by atoms with van der Waals surface area (Å²) in [4.78, 5) is 4.48. The first kappa shape index (κ1) is 11.2. The summed E-state index contributed by atoms with van der Waals surface area (Å²) in [7, 11) is 0. The molecule has 1 unspecified atom stereocenters. The first-order valence-electron chi connectivity index (χ1n) is 5.66. The fourth-order valence-corrected chi connectivity index (χ4v) is 2.64. The Kier molecular flexibility index (Phi) is 3.11. The summed E-state index contributed by atoms with van der Waals surface area (Å²) < 4.78 is 6.46. The average molecular weight is 341 g/mol. The smallest absolute Gasteiger partial charge is 0.259 e. The van der Waals surface area contributed by atoms with Gasteiger partial charge in [0.2, 0.25) is 0 Å². The lowest BCUT2D eigenvalue weighted by Crippen LogP contribution is -2.14. The van der Waals surface area contributed by atoms with Gasteiger partial charge in [0.25, 0.3) is 5.89 Å². The number of rotatable bonds is 2. The van der Waals surface area contributed by atoms with Gasteiger partial charge in [-0.3, -0.25) is 0 Å². The predicted octanol–water partition coefficient (Wildman–Crippen LogP) is 2.77. The van der Waals surface area contributed by atoms with Crippen LogP contribution in [0, 0.1) is 3.57 Å². The molecule has 4 nitrogen and oxygen atoms in total. The van der Waals surface area contributed by atoms with E-state index >= 15 is 0 Å². The van der Waals surface area contributed by atoms with Crippen LogP contribution < -0.4 is 5.32 Å². The van der Waals surface area contributed by atoms with E-state index in [2.05, 4.69) is 38.0 Å². The molecule has 5 heteroatoms. The van der Waals surface area contributed by atoms with Crippen molar-refractivity contribution in [2.45, 2.75) is 18.9 Å². The van der Waals surface area contributed by atoms with Crippen LogP contribution in [-0.2, 0) is 0 Å². The Bertz CT molecular complexity index is 520. The fourth-order valence-electron chi connectivity index (χ4n) is 2.03. The van der Waals surface area contributed by atoms with Crippen LogP contribution in [0.15, 0.2) is 28.8 Å². The van der Waals surface area contributed by atoms with E-state index in [1.807, 2.05) is 24.3 Å². The van der Waals surface area contributed by atoms with E-state index in [0.717, 1.165) is 27.9 Å². The Morgan fingerprint density at radius 3 is 3.00 bits per heavy atom. The number of hydrogen-bond donors (Lipinski definition) is 1. The van der Waals surface area contributed by atoms with Crippen molar-refractivity contribution in [1.29, 1.82) is 0 Å². The Morgan fingerprint density at radius 2 is 2.24 bits per heavy atom. The first-order valence-corrected chi connectivity index (χ1v) is 6.74. The maximum absolute atomic E-state index is 5.34. The molecule has 0 spiro atoms. The highest BCUT2D eigenvalue weighted by Gasteiger charge is 2.22. The lowest BCUT2D eigenvalue weighted by Gasteiger charge is -2.01. The van der Waals surface area contributed by atoms with Gasteiger partial charge in [-0.05, 0) is 54.1 Å². The molecule has 0 saturated carbocycles. The van der Waals surface area contributed by atoms with Gasteiger partial charge >= 0.3 is 0 Å². The summed E-state index contributed by atoms with van der Waals surface area (Å²) in [6.07, 6.45) is 2.27. The van der Waals surface area contributed by atoms with Crippen molar-refractivity contribution in [2.24, 2.45) is 0 Å². The quantitative estimate of drug-likeness (QED) is 0.854. The van der Waals surface area contributed by atoms with Crippen molar-refractivity contribution in [3.05, 3.63) is 33.7 Å². The third kappa shape index (κ3) is 2.21. The SMILES string of the molecule is Ic1ccccc1-c1nc(C2CCCN2)no1. The van der Waals surface area contributed by atoms with Crippen molar-refractivity contribution in [2.75, 3.05) is 6.54 Å². The lowest BCUT2D eigenvalue weighted by molar-refractivity contribution is 0.412. The van der Waals surface area contributed by atoms with Gasteiger partial charge in [0.15, 0.2) is 5.82 Å². The molecule has 2 heterocycles. The average Bonchev–Trinajstić information content (AvgIpc) is 3.00. The molecule has 1 aliphatic heterocycles. The van der Waals surface area contributed by atoms with E-state index in [9.17, 15) is 0 Å². The molecule has 0 aliphatic carbocycles. The summed E-state index contributed by atoms with van der Waals surface area (Å²) in [5.74, 6) is 1.39. The summed E-state index contributed by atoms with van der Waals surface area (Å²) >= 11 is 2.28. The number of benzene rings is 1. The Balaban J connectivity index is 1.92. The topological polar surface area (TPSA) is 51.0 Å². The second kappa shape index (κ2) is 4.73. The van der Waals surface area contributed by atoms with E-state index in [-0.39, 0.29) is 6.04 Å². The molecule has 0 radical (unpaired) electrons. The predicted molar refractivity (Wildman–Crippen MR) is 72.4 cm³/mol. The third-order valence-electron chi connectivity index (χ3n) is 2.92. The number of aromatic nitrogens is 2. The molecule has 1 aromatic heterocycles. The van der Waals surface area contributed by atoms with Crippen LogP contribution in [0.4, 0.5) is 0 Å². The minimum Gasteiger partial charge on any atom is -0.334 e. The molecule has 1 aromatic carbocycles. The lowest BCUT2D eigenvalue weighted by atomic mass is 10.2. The molecule has 1 N–H and O–H groups in total. The van der Waals surface area contributed by atoms with Gasteiger partial charge in [-0.25, -0.2) is 0 Å². The molecule has 2 aromatic rings. The number of nitrogens with one attached hydrogen (secondary N) is 1. The van der Waals surface area contributed by atoms with Crippen LogP contribution in [0.1, 0.15) is 24.7 Å². The largest absolute Gasteiger partial charge is 0.334 e. The minimum absolute atomic E-state index is 0.258. The minimum atomic E-state index is 0.258. The fraction of sp³-hybridized carbons (Fsp3) is 0.333. The van der Waals surface area contributed by atoms with Gasteiger partial charge < -0.3 is 9.84 Å². The maximum atomic E-state index is 5.34. The molecule has 88 valence electrons. The summed E-state index contributed by atoms with van der Waals surface area (Å²) in [6, 6.07) is 8.28. The summed E-state index contributed by atoms with van der Waals surface area (Å²) in [5, 5.41) is 7.43. The van der Waals surface area contributed by atoms with Gasteiger partial charge in [0.05, 0.1) is 11.6 Å². The monoisotopic (exact) mass is 341 g/mol. The van der Waals surface area contributed by atoms with Gasteiger partial charge in [-0.2, -0.15) is 4.98 Å². The van der Waals surface area contributed by atoms with E-state index in [1.54, 1.807) is 0 Å². The van der Waals surface area contributed by atoms with E-state index in [4.69, 9.17) is 4.52 Å². The molecule has 0 bridgehead atoms. The Morgan fingerprint density at radius 1 is 1.35 bits per heavy atom. The number of nitrogens with zero attached hydrogens (tertiary/aromatic N) is 2. The maximum Gasteiger partial charge on any atom is 0.259 e. The molecule has 1 aliphatic rings. The molecule has 1 fully saturated rings. The van der Waals surface area contributed by atoms with Gasteiger partial charge in [-0.15, -0.1) is 0 Å². The second-order valence-corrected chi connectivity index (χ2v) is 5.25. The summed E-state index contributed by atoms with van der Waals surface area (Å²) in [5.41, 5.74) is 1.00. The first-order chi connectivity index (χ1) is 8.34. The summed E-state index contributed by atoms with van der Waals surface area (Å²) in [6.45, 7) is 1.04. The van der Waals surface area contributed by atoms with Crippen molar-refractivity contribution < 1.29 is 4.52 Å². The van der Waals surface area contributed by atoms with Crippen molar-refractivity contribution in [1.82, 2.24) is 15.5 Å². The highest BCUT2D eigenvalue weighted by Crippen LogP contribution is 2.26. The highest BCUT2D eigenvalue weighted by molar-refractivity contribution is 14.1. The van der Waals surface area contributed by atoms with Crippen LogP contribution in [-0.4, -0.2) is 16.7 Å². The Hall–Kier alpha value is -0.950. The zero-order valence-electron chi connectivity index (χ0n) is 9.19. The van der Waals surface area contributed by atoms with Crippen LogP contribution in [0.5, 0.6) is 0 Å². The standard InChI is InChI=1S/C12H12IN3O/c13-9-5-2-1-4-8(9)12-15-11(16-17-12)10-6-3-7-14-10/h1-2,4-5,10,14H,3,6-7H2. The van der Waals surface area contributed by atoms with Crippen LogP contribution in [0.25, 0.3) is 11.5 Å².